The first kappa shape index (κ1) is 18.0. The molecular weight excluding hydrogens is 344 g/mol. The van der Waals surface area contributed by atoms with Gasteiger partial charge in [0.2, 0.25) is 5.91 Å². The molecule has 1 N–H and O–H groups in total. The molecule has 8 heteroatoms. The van der Waals surface area contributed by atoms with Gasteiger partial charge in [0.25, 0.3) is 0 Å². The molecule has 3 rings (SSSR count). The normalized spacial score (nSPS) is 21.7. The van der Waals surface area contributed by atoms with Crippen LogP contribution in [0.5, 0.6) is 11.5 Å². The van der Waals surface area contributed by atoms with Crippen LogP contribution in [-0.2, 0) is 27.6 Å². The van der Waals surface area contributed by atoms with E-state index in [0.717, 1.165) is 17.5 Å². The third kappa shape index (κ3) is 4.07. The van der Waals surface area contributed by atoms with Crippen LogP contribution in [0.4, 0.5) is 0 Å². The number of carbonyl (C=O) groups excluding carboxylic acids is 1. The molecule has 1 amide bonds. The lowest BCUT2D eigenvalue weighted by molar-refractivity contribution is -0.131. The Morgan fingerprint density at radius 1 is 1.24 bits per heavy atom. The first-order chi connectivity index (χ1) is 11.9. The number of fused-ring (bicyclic) bond motifs is 1. The summed E-state index contributed by atoms with van der Waals surface area (Å²) in [6.45, 7) is 1.34. The lowest BCUT2D eigenvalue weighted by Gasteiger charge is -2.30. The number of nitrogens with zero attached hydrogens (tertiary/aromatic N) is 1. The van der Waals surface area contributed by atoms with Crippen molar-refractivity contribution in [1.82, 2.24) is 10.2 Å². The minimum Gasteiger partial charge on any atom is -0.493 e. The third-order valence-electron chi connectivity index (χ3n) is 4.85. The Morgan fingerprint density at radius 2 is 1.92 bits per heavy atom. The van der Waals surface area contributed by atoms with Crippen molar-refractivity contribution in [3.63, 3.8) is 0 Å². The quantitative estimate of drug-likeness (QED) is 0.808. The minimum absolute atomic E-state index is 0.00951. The number of amides is 1. The Bertz CT molecular complexity index is 763. The van der Waals surface area contributed by atoms with Gasteiger partial charge >= 0.3 is 0 Å². The van der Waals surface area contributed by atoms with Crippen molar-refractivity contribution in [2.75, 3.05) is 38.8 Å². The van der Waals surface area contributed by atoms with E-state index < -0.39 is 9.84 Å². The van der Waals surface area contributed by atoms with Crippen molar-refractivity contribution in [2.24, 2.45) is 0 Å². The van der Waals surface area contributed by atoms with Gasteiger partial charge < -0.3 is 19.7 Å². The minimum atomic E-state index is -2.94. The summed E-state index contributed by atoms with van der Waals surface area (Å²) in [4.78, 5) is 14.3. The van der Waals surface area contributed by atoms with Gasteiger partial charge in [-0.3, -0.25) is 4.79 Å². The second-order valence-electron chi connectivity index (χ2n) is 6.52. The zero-order chi connectivity index (χ0) is 18.0. The number of methoxy groups -OCH3 is 2. The molecule has 0 aromatic heterocycles. The number of rotatable bonds is 5. The summed E-state index contributed by atoms with van der Waals surface area (Å²) in [7, 11) is 0.266. The molecule has 1 saturated heterocycles. The molecule has 2 heterocycles. The molecule has 1 aromatic carbocycles. The summed E-state index contributed by atoms with van der Waals surface area (Å²) in [5, 5.41) is 3.08. The van der Waals surface area contributed by atoms with Crippen LogP contribution in [0.3, 0.4) is 0 Å². The maximum Gasteiger partial charge on any atom is 0.236 e. The molecule has 1 aromatic rings. The van der Waals surface area contributed by atoms with Crippen molar-refractivity contribution < 1.29 is 22.7 Å². The highest BCUT2D eigenvalue weighted by molar-refractivity contribution is 7.91. The van der Waals surface area contributed by atoms with Crippen LogP contribution in [0.2, 0.25) is 0 Å². The van der Waals surface area contributed by atoms with Crippen LogP contribution in [-0.4, -0.2) is 64.1 Å². The van der Waals surface area contributed by atoms with Crippen molar-refractivity contribution >= 4 is 15.7 Å². The first-order valence-corrected chi connectivity index (χ1v) is 10.2. The van der Waals surface area contributed by atoms with Crippen LogP contribution >= 0.6 is 0 Å². The Hall–Kier alpha value is -1.80. The van der Waals surface area contributed by atoms with Gasteiger partial charge in [0.1, 0.15) is 0 Å². The number of benzene rings is 1. The number of sulfone groups is 1. The molecule has 0 aliphatic carbocycles. The SMILES string of the molecule is COc1cc2c(cc1OC)CN(C(=O)CNC1CCS(=O)(=O)C1)CC2. The Morgan fingerprint density at radius 3 is 2.52 bits per heavy atom. The number of carbonyl (C=O) groups is 1. The van der Waals surface area contributed by atoms with Gasteiger partial charge in [0.05, 0.1) is 32.3 Å². The summed E-state index contributed by atoms with van der Waals surface area (Å²) < 4.78 is 33.6. The van der Waals surface area contributed by atoms with E-state index in [1.165, 1.54) is 0 Å². The lowest BCUT2D eigenvalue weighted by Crippen LogP contribution is -2.44. The maximum absolute atomic E-state index is 12.5. The molecule has 1 atom stereocenters. The van der Waals surface area contributed by atoms with Crippen molar-refractivity contribution in [3.05, 3.63) is 23.3 Å². The van der Waals surface area contributed by atoms with E-state index in [0.29, 0.717) is 31.0 Å². The van der Waals surface area contributed by atoms with Gasteiger partial charge in [-0.05, 0) is 36.1 Å². The van der Waals surface area contributed by atoms with Gasteiger partial charge in [-0.15, -0.1) is 0 Å². The monoisotopic (exact) mass is 368 g/mol. The molecule has 2 aliphatic rings. The Kier molecular flexibility index (Phi) is 5.19. The van der Waals surface area contributed by atoms with E-state index in [2.05, 4.69) is 5.32 Å². The molecule has 1 fully saturated rings. The summed E-state index contributed by atoms with van der Waals surface area (Å²) in [6.07, 6.45) is 1.34. The van der Waals surface area contributed by atoms with E-state index in [-0.39, 0.29) is 30.0 Å². The summed E-state index contributed by atoms with van der Waals surface area (Å²) >= 11 is 0. The molecule has 0 spiro atoms. The summed E-state index contributed by atoms with van der Waals surface area (Å²) in [6, 6.07) is 3.78. The Labute approximate surface area is 148 Å². The molecule has 2 aliphatic heterocycles. The zero-order valence-corrected chi connectivity index (χ0v) is 15.4. The second-order valence-corrected chi connectivity index (χ2v) is 8.75. The molecule has 25 heavy (non-hydrogen) atoms. The number of nitrogens with one attached hydrogen (secondary N) is 1. The highest BCUT2D eigenvalue weighted by Crippen LogP contribution is 2.33. The molecule has 138 valence electrons. The van der Waals surface area contributed by atoms with Crippen LogP contribution < -0.4 is 14.8 Å². The smallest absolute Gasteiger partial charge is 0.236 e. The zero-order valence-electron chi connectivity index (χ0n) is 14.6. The van der Waals surface area contributed by atoms with Crippen LogP contribution in [0.15, 0.2) is 12.1 Å². The van der Waals surface area contributed by atoms with E-state index in [1.807, 2.05) is 12.1 Å². The lowest BCUT2D eigenvalue weighted by atomic mass is 9.98. The summed E-state index contributed by atoms with van der Waals surface area (Å²) in [5.74, 6) is 1.68. The predicted octanol–water partition coefficient (Wildman–Crippen LogP) is 0.365. The molecule has 0 saturated carbocycles. The molecule has 0 radical (unpaired) electrons. The fraction of sp³-hybridized carbons (Fsp3) is 0.588. The third-order valence-corrected chi connectivity index (χ3v) is 6.61. The van der Waals surface area contributed by atoms with E-state index in [4.69, 9.17) is 9.47 Å². The first-order valence-electron chi connectivity index (χ1n) is 8.37. The van der Waals surface area contributed by atoms with Crippen LogP contribution in [0.1, 0.15) is 17.5 Å². The van der Waals surface area contributed by atoms with E-state index >= 15 is 0 Å². The second kappa shape index (κ2) is 7.21. The van der Waals surface area contributed by atoms with Crippen molar-refractivity contribution in [3.8, 4) is 11.5 Å². The van der Waals surface area contributed by atoms with Gasteiger partial charge in [-0.2, -0.15) is 0 Å². The van der Waals surface area contributed by atoms with E-state index in [1.54, 1.807) is 19.1 Å². The number of ether oxygens (including phenoxy) is 2. The number of hydrogen-bond donors (Lipinski definition) is 1. The number of hydrogen-bond acceptors (Lipinski definition) is 6. The molecule has 0 bridgehead atoms. The maximum atomic E-state index is 12.5. The Balaban J connectivity index is 1.61. The van der Waals surface area contributed by atoms with Crippen molar-refractivity contribution in [1.29, 1.82) is 0 Å². The highest BCUT2D eigenvalue weighted by Gasteiger charge is 2.29. The standard InChI is InChI=1S/C17H24N2O5S/c1-23-15-7-12-3-5-19(10-13(12)8-16(15)24-2)17(20)9-18-14-4-6-25(21,22)11-14/h7-8,14,18H,3-6,9-11H2,1-2H3. The average Bonchev–Trinajstić information content (AvgIpc) is 2.96. The van der Waals surface area contributed by atoms with Gasteiger partial charge in [-0.25, -0.2) is 8.42 Å². The fourth-order valence-electron chi connectivity index (χ4n) is 3.40. The molecule has 7 nitrogen and oxygen atoms in total. The molecule has 1 unspecified atom stereocenters. The molecular formula is C17H24N2O5S. The van der Waals surface area contributed by atoms with Crippen molar-refractivity contribution in [2.45, 2.75) is 25.4 Å². The topological polar surface area (TPSA) is 84.9 Å². The fourth-order valence-corrected chi connectivity index (χ4v) is 5.10. The van der Waals surface area contributed by atoms with Gasteiger partial charge in [0.15, 0.2) is 21.3 Å². The summed E-state index contributed by atoms with van der Waals surface area (Å²) in [5.41, 5.74) is 2.22. The van der Waals surface area contributed by atoms with Crippen LogP contribution in [0, 0.1) is 0 Å². The largest absolute Gasteiger partial charge is 0.493 e. The van der Waals surface area contributed by atoms with Crippen LogP contribution in [0.25, 0.3) is 0 Å². The highest BCUT2D eigenvalue weighted by atomic mass is 32.2. The van der Waals surface area contributed by atoms with E-state index in [9.17, 15) is 13.2 Å². The van der Waals surface area contributed by atoms with Gasteiger partial charge in [0, 0.05) is 19.1 Å². The van der Waals surface area contributed by atoms with Gasteiger partial charge in [-0.1, -0.05) is 0 Å². The predicted molar refractivity (Wildman–Crippen MR) is 93.7 cm³/mol. The average molecular weight is 368 g/mol.